The molecule has 0 radical (unpaired) electrons. The van der Waals surface area contributed by atoms with Crippen LogP contribution in [0, 0.1) is 19.8 Å². The van der Waals surface area contributed by atoms with Gasteiger partial charge in [0, 0.05) is 44.2 Å². The second-order valence-electron chi connectivity index (χ2n) is 6.79. The van der Waals surface area contributed by atoms with Crippen LogP contribution in [-0.2, 0) is 16.0 Å². The summed E-state index contributed by atoms with van der Waals surface area (Å²) in [6.07, 6.45) is 1.25. The summed E-state index contributed by atoms with van der Waals surface area (Å²) < 4.78 is 10.6. The Bertz CT molecular complexity index is 532. The first-order valence-electron chi connectivity index (χ1n) is 8.57. The predicted octanol–water partition coefficient (Wildman–Crippen LogP) is 1.40. The monoisotopic (exact) mass is 321 g/mol. The summed E-state index contributed by atoms with van der Waals surface area (Å²) in [4.78, 5) is 17.1. The fraction of sp³-hybridized carbons (Fsp3) is 0.765. The highest BCUT2D eigenvalue weighted by Gasteiger charge is 2.36. The van der Waals surface area contributed by atoms with Gasteiger partial charge in [-0.05, 0) is 26.2 Å². The van der Waals surface area contributed by atoms with Crippen molar-refractivity contribution in [2.45, 2.75) is 39.7 Å². The van der Waals surface area contributed by atoms with Crippen LogP contribution in [0.5, 0.6) is 0 Å². The first-order chi connectivity index (χ1) is 11.1. The zero-order valence-corrected chi connectivity index (χ0v) is 14.4. The third-order valence-corrected chi connectivity index (χ3v) is 5.21. The molecule has 2 fully saturated rings. The summed E-state index contributed by atoms with van der Waals surface area (Å²) in [6, 6.07) is 0.474. The highest BCUT2D eigenvalue weighted by atomic mass is 16.5. The summed E-state index contributed by atoms with van der Waals surface area (Å²) in [5.74, 6) is 1.60. The van der Waals surface area contributed by atoms with E-state index in [1.807, 2.05) is 18.7 Å². The van der Waals surface area contributed by atoms with Crippen molar-refractivity contribution in [3.05, 3.63) is 17.0 Å². The Morgan fingerprint density at radius 1 is 1.26 bits per heavy atom. The van der Waals surface area contributed by atoms with Crippen LogP contribution in [0.4, 0.5) is 0 Å². The molecule has 3 rings (SSSR count). The number of aromatic nitrogens is 1. The lowest BCUT2D eigenvalue weighted by molar-refractivity contribution is -0.130. The minimum absolute atomic E-state index is 0.243. The smallest absolute Gasteiger partial charge is 0.222 e. The average molecular weight is 321 g/mol. The van der Waals surface area contributed by atoms with Crippen LogP contribution in [-0.4, -0.2) is 66.3 Å². The standard InChI is InChI=1S/C17H27N3O3/c1-12-10-20(11-16(12)19-6-8-22-9-7-19)17(21)5-4-15-13(2)18-23-14(15)3/h12,16H,4-11H2,1-3H3/t12-,16+/m1/s1. The van der Waals surface area contributed by atoms with E-state index < -0.39 is 0 Å². The number of amides is 1. The van der Waals surface area contributed by atoms with E-state index >= 15 is 0 Å². The van der Waals surface area contributed by atoms with Crippen molar-refractivity contribution >= 4 is 5.91 Å². The number of hydrogen-bond acceptors (Lipinski definition) is 5. The van der Waals surface area contributed by atoms with Crippen molar-refractivity contribution in [1.82, 2.24) is 15.0 Å². The van der Waals surface area contributed by atoms with Crippen LogP contribution < -0.4 is 0 Å². The number of ether oxygens (including phenoxy) is 1. The minimum Gasteiger partial charge on any atom is -0.379 e. The summed E-state index contributed by atoms with van der Waals surface area (Å²) in [7, 11) is 0. The van der Waals surface area contributed by atoms with E-state index in [4.69, 9.17) is 9.26 Å². The number of morpholine rings is 1. The third kappa shape index (κ3) is 3.58. The van der Waals surface area contributed by atoms with Gasteiger partial charge in [-0.25, -0.2) is 0 Å². The fourth-order valence-electron chi connectivity index (χ4n) is 3.79. The van der Waals surface area contributed by atoms with Gasteiger partial charge in [-0.15, -0.1) is 0 Å². The highest BCUT2D eigenvalue weighted by molar-refractivity contribution is 5.77. The molecule has 2 atom stereocenters. The molecule has 0 aromatic carbocycles. The molecule has 0 saturated carbocycles. The molecular weight excluding hydrogens is 294 g/mol. The molecule has 1 aromatic heterocycles. The van der Waals surface area contributed by atoms with Crippen molar-refractivity contribution in [3.63, 3.8) is 0 Å². The zero-order valence-electron chi connectivity index (χ0n) is 14.4. The van der Waals surface area contributed by atoms with Gasteiger partial charge in [0.15, 0.2) is 0 Å². The Labute approximate surface area is 137 Å². The molecule has 2 aliphatic rings. The Morgan fingerprint density at radius 3 is 2.65 bits per heavy atom. The maximum atomic E-state index is 12.6. The van der Waals surface area contributed by atoms with Crippen LogP contribution in [0.15, 0.2) is 4.52 Å². The maximum absolute atomic E-state index is 12.6. The van der Waals surface area contributed by atoms with E-state index in [0.717, 1.165) is 56.4 Å². The van der Waals surface area contributed by atoms with Gasteiger partial charge >= 0.3 is 0 Å². The van der Waals surface area contributed by atoms with Crippen molar-refractivity contribution < 1.29 is 14.1 Å². The normalized spacial score (nSPS) is 26.0. The largest absolute Gasteiger partial charge is 0.379 e. The van der Waals surface area contributed by atoms with Gasteiger partial charge in [0.05, 0.1) is 18.9 Å². The first-order valence-corrected chi connectivity index (χ1v) is 8.57. The Balaban J connectivity index is 1.54. The number of hydrogen-bond donors (Lipinski definition) is 0. The zero-order chi connectivity index (χ0) is 16.4. The molecule has 1 aromatic rings. The summed E-state index contributed by atoms with van der Waals surface area (Å²) in [6.45, 7) is 11.4. The molecule has 0 N–H and O–H groups in total. The van der Waals surface area contributed by atoms with Crippen molar-refractivity contribution in [3.8, 4) is 0 Å². The summed E-state index contributed by atoms with van der Waals surface area (Å²) >= 11 is 0. The molecule has 0 aliphatic carbocycles. The second-order valence-corrected chi connectivity index (χ2v) is 6.79. The lowest BCUT2D eigenvalue weighted by atomic mass is 10.0. The molecule has 0 bridgehead atoms. The molecular formula is C17H27N3O3. The Hall–Kier alpha value is -1.40. The topological polar surface area (TPSA) is 58.8 Å². The van der Waals surface area contributed by atoms with E-state index in [-0.39, 0.29) is 5.91 Å². The Morgan fingerprint density at radius 2 is 2.00 bits per heavy atom. The molecule has 0 unspecified atom stereocenters. The average Bonchev–Trinajstić information content (AvgIpc) is 3.09. The van der Waals surface area contributed by atoms with Crippen LogP contribution in [0.25, 0.3) is 0 Å². The van der Waals surface area contributed by atoms with Gasteiger partial charge in [0.25, 0.3) is 0 Å². The molecule has 128 valence electrons. The van der Waals surface area contributed by atoms with Crippen LogP contribution in [0.3, 0.4) is 0 Å². The van der Waals surface area contributed by atoms with Crippen molar-refractivity contribution in [2.75, 3.05) is 39.4 Å². The number of carbonyl (C=O) groups is 1. The van der Waals surface area contributed by atoms with Gasteiger partial charge in [0.2, 0.25) is 5.91 Å². The number of rotatable bonds is 4. The molecule has 6 heteroatoms. The molecule has 23 heavy (non-hydrogen) atoms. The maximum Gasteiger partial charge on any atom is 0.222 e. The van der Waals surface area contributed by atoms with Gasteiger partial charge < -0.3 is 14.2 Å². The van der Waals surface area contributed by atoms with Crippen molar-refractivity contribution in [1.29, 1.82) is 0 Å². The van der Waals surface area contributed by atoms with Gasteiger partial charge in [-0.3, -0.25) is 9.69 Å². The highest BCUT2D eigenvalue weighted by Crippen LogP contribution is 2.24. The third-order valence-electron chi connectivity index (χ3n) is 5.21. The molecule has 2 saturated heterocycles. The van der Waals surface area contributed by atoms with Crippen LogP contribution >= 0.6 is 0 Å². The van der Waals surface area contributed by atoms with Gasteiger partial charge in [0.1, 0.15) is 5.76 Å². The van der Waals surface area contributed by atoms with Crippen LogP contribution in [0.2, 0.25) is 0 Å². The first kappa shape index (κ1) is 16.5. The van der Waals surface area contributed by atoms with Gasteiger partial charge in [-0.2, -0.15) is 0 Å². The summed E-state index contributed by atoms with van der Waals surface area (Å²) in [5, 5.41) is 3.96. The van der Waals surface area contributed by atoms with E-state index in [9.17, 15) is 4.79 Å². The summed E-state index contributed by atoms with van der Waals surface area (Å²) in [5.41, 5.74) is 1.98. The quantitative estimate of drug-likeness (QED) is 0.839. The number of aryl methyl sites for hydroxylation is 2. The molecule has 3 heterocycles. The fourth-order valence-corrected chi connectivity index (χ4v) is 3.79. The van der Waals surface area contributed by atoms with Crippen LogP contribution in [0.1, 0.15) is 30.4 Å². The van der Waals surface area contributed by atoms with E-state index in [1.54, 1.807) is 0 Å². The number of nitrogens with zero attached hydrogens (tertiary/aromatic N) is 3. The molecule has 0 spiro atoms. The van der Waals surface area contributed by atoms with E-state index in [1.165, 1.54) is 0 Å². The second kappa shape index (κ2) is 7.01. The predicted molar refractivity (Wildman–Crippen MR) is 86.2 cm³/mol. The molecule has 1 amide bonds. The number of likely N-dealkylation sites (tertiary alicyclic amines) is 1. The number of carbonyl (C=O) groups excluding carboxylic acids is 1. The van der Waals surface area contributed by atoms with Crippen molar-refractivity contribution in [2.24, 2.45) is 5.92 Å². The molecule has 6 nitrogen and oxygen atoms in total. The molecule has 2 aliphatic heterocycles. The van der Waals surface area contributed by atoms with E-state index in [2.05, 4.69) is 17.0 Å². The lowest BCUT2D eigenvalue weighted by Gasteiger charge is -2.34. The van der Waals surface area contributed by atoms with E-state index in [0.29, 0.717) is 24.8 Å². The van der Waals surface area contributed by atoms with Gasteiger partial charge in [-0.1, -0.05) is 12.1 Å². The SMILES string of the molecule is Cc1noc(C)c1CCC(=O)N1C[C@@H](C)[C@@H](N2CCOCC2)C1. The lowest BCUT2D eigenvalue weighted by Crippen LogP contribution is -2.47. The minimum atomic E-state index is 0.243. The Kier molecular flexibility index (Phi) is 5.02.